The lowest BCUT2D eigenvalue weighted by atomic mass is 9.88. The Bertz CT molecular complexity index is 1180. The first-order chi connectivity index (χ1) is 15.4. The van der Waals surface area contributed by atoms with E-state index in [0.717, 1.165) is 40.9 Å². The summed E-state index contributed by atoms with van der Waals surface area (Å²) < 4.78 is 0. The van der Waals surface area contributed by atoms with Gasteiger partial charge in [0.25, 0.3) is 5.91 Å². The van der Waals surface area contributed by atoms with E-state index in [9.17, 15) is 9.90 Å². The summed E-state index contributed by atoms with van der Waals surface area (Å²) in [6, 6.07) is 13.9. The number of nitrogens with one attached hydrogen (secondary N) is 1. The quantitative estimate of drug-likeness (QED) is 0.645. The molecule has 0 bridgehead atoms. The lowest BCUT2D eigenvalue weighted by Crippen LogP contribution is -2.38. The topological polar surface area (TPSA) is 93.0 Å². The molecule has 1 fully saturated rings. The molecule has 0 aliphatic carbocycles. The van der Waals surface area contributed by atoms with E-state index in [-0.39, 0.29) is 12.5 Å². The minimum Gasteiger partial charge on any atom is -0.388 e. The molecule has 0 spiro atoms. The number of piperidine rings is 1. The molecule has 1 aliphatic rings. The molecule has 32 heavy (non-hydrogen) atoms. The molecule has 0 unspecified atom stereocenters. The molecule has 3 aromatic rings. The van der Waals surface area contributed by atoms with Crippen molar-refractivity contribution < 1.29 is 9.90 Å². The summed E-state index contributed by atoms with van der Waals surface area (Å²) in [6.07, 6.45) is 1.82. The van der Waals surface area contributed by atoms with Crippen molar-refractivity contribution in [2.45, 2.75) is 46.1 Å². The fourth-order valence-electron chi connectivity index (χ4n) is 4.61. The largest absolute Gasteiger partial charge is 0.388 e. The molecule has 1 saturated heterocycles. The predicted molar refractivity (Wildman–Crippen MR) is 123 cm³/mol. The molecular formula is C26H28N4O2. The second-order valence-electron chi connectivity index (χ2n) is 8.60. The van der Waals surface area contributed by atoms with Crippen molar-refractivity contribution >= 4 is 5.91 Å². The highest BCUT2D eigenvalue weighted by molar-refractivity contribution is 5.97. The minimum atomic E-state index is -0.147. The zero-order valence-electron chi connectivity index (χ0n) is 18.8. The standard InChI is InChI=1S/C26H28N4O2/c1-16-12-17(2)23(13-22(16)25-18(3)28-24(15-31)29-25)26(32)30-10-8-21(9-11-30)20-6-4-19(14-27)5-7-20/h4-7,12-13,21,31H,8-11,15H2,1-3H3,(H,28,29). The number of amides is 1. The Kier molecular flexibility index (Phi) is 6.11. The number of rotatable bonds is 4. The van der Waals surface area contributed by atoms with Crippen molar-refractivity contribution in [1.29, 1.82) is 5.26 Å². The van der Waals surface area contributed by atoms with E-state index in [4.69, 9.17) is 5.26 Å². The Balaban J connectivity index is 1.53. The van der Waals surface area contributed by atoms with Crippen molar-refractivity contribution in [3.8, 4) is 17.3 Å². The van der Waals surface area contributed by atoms with Crippen LogP contribution in [-0.4, -0.2) is 39.0 Å². The highest BCUT2D eigenvalue weighted by atomic mass is 16.3. The average Bonchev–Trinajstić information content (AvgIpc) is 3.19. The number of nitrogens with zero attached hydrogens (tertiary/aromatic N) is 3. The number of hydrogen-bond donors (Lipinski definition) is 2. The van der Waals surface area contributed by atoms with Crippen LogP contribution in [0.2, 0.25) is 0 Å². The summed E-state index contributed by atoms with van der Waals surface area (Å²) in [5.41, 5.74) is 7.19. The maximum Gasteiger partial charge on any atom is 0.254 e. The third-order valence-electron chi connectivity index (χ3n) is 6.43. The van der Waals surface area contributed by atoms with Gasteiger partial charge in [0.1, 0.15) is 12.4 Å². The third-order valence-corrected chi connectivity index (χ3v) is 6.43. The van der Waals surface area contributed by atoms with Crippen molar-refractivity contribution in [3.63, 3.8) is 0 Å². The van der Waals surface area contributed by atoms with Gasteiger partial charge in [-0.15, -0.1) is 0 Å². The van der Waals surface area contributed by atoms with E-state index in [1.165, 1.54) is 5.56 Å². The van der Waals surface area contributed by atoms with Gasteiger partial charge in [-0.25, -0.2) is 4.98 Å². The Morgan fingerprint density at radius 1 is 1.16 bits per heavy atom. The van der Waals surface area contributed by atoms with Crippen molar-refractivity contribution in [3.05, 3.63) is 75.7 Å². The van der Waals surface area contributed by atoms with Crippen LogP contribution in [0.5, 0.6) is 0 Å². The number of imidazole rings is 1. The zero-order valence-corrected chi connectivity index (χ0v) is 18.8. The number of carbonyl (C=O) groups is 1. The summed E-state index contributed by atoms with van der Waals surface area (Å²) in [7, 11) is 0. The number of aryl methyl sites for hydroxylation is 3. The van der Waals surface area contributed by atoms with Crippen LogP contribution < -0.4 is 0 Å². The van der Waals surface area contributed by atoms with Gasteiger partial charge in [0.2, 0.25) is 0 Å². The second-order valence-corrected chi connectivity index (χ2v) is 8.60. The minimum absolute atomic E-state index is 0.0533. The summed E-state index contributed by atoms with van der Waals surface area (Å²) >= 11 is 0. The van der Waals surface area contributed by atoms with Crippen LogP contribution in [0, 0.1) is 32.1 Å². The van der Waals surface area contributed by atoms with Crippen molar-refractivity contribution in [2.24, 2.45) is 0 Å². The van der Waals surface area contributed by atoms with Gasteiger partial charge in [-0.2, -0.15) is 5.26 Å². The van der Waals surface area contributed by atoms with Gasteiger partial charge in [0.05, 0.1) is 17.3 Å². The molecule has 2 heterocycles. The number of aromatic nitrogens is 2. The van der Waals surface area contributed by atoms with Crippen LogP contribution in [0.4, 0.5) is 0 Å². The fraction of sp³-hybridized carbons (Fsp3) is 0.346. The summed E-state index contributed by atoms with van der Waals surface area (Å²) in [6.45, 7) is 7.20. The van der Waals surface area contributed by atoms with Crippen LogP contribution in [0.15, 0.2) is 36.4 Å². The van der Waals surface area contributed by atoms with Crippen LogP contribution >= 0.6 is 0 Å². The van der Waals surface area contributed by atoms with E-state index in [1.54, 1.807) is 0 Å². The van der Waals surface area contributed by atoms with Gasteiger partial charge in [0.15, 0.2) is 0 Å². The first kappa shape index (κ1) is 21.8. The van der Waals surface area contributed by atoms with Gasteiger partial charge >= 0.3 is 0 Å². The van der Waals surface area contributed by atoms with Crippen LogP contribution in [-0.2, 0) is 6.61 Å². The molecule has 1 aromatic heterocycles. The number of H-pyrrole nitrogens is 1. The maximum absolute atomic E-state index is 13.4. The van der Waals surface area contributed by atoms with Gasteiger partial charge in [-0.1, -0.05) is 18.2 Å². The van der Waals surface area contributed by atoms with E-state index in [1.807, 2.05) is 62.1 Å². The van der Waals surface area contributed by atoms with E-state index in [0.29, 0.717) is 36.0 Å². The Labute approximate surface area is 188 Å². The van der Waals surface area contributed by atoms with Crippen LogP contribution in [0.25, 0.3) is 11.3 Å². The van der Waals surface area contributed by atoms with Gasteiger partial charge < -0.3 is 15.0 Å². The molecule has 4 rings (SSSR count). The van der Waals surface area contributed by atoms with E-state index in [2.05, 4.69) is 16.0 Å². The summed E-state index contributed by atoms with van der Waals surface area (Å²) in [5.74, 6) is 0.984. The predicted octanol–water partition coefficient (Wildman–Crippen LogP) is 4.39. The van der Waals surface area contributed by atoms with Gasteiger partial charge in [-0.3, -0.25) is 4.79 Å². The van der Waals surface area contributed by atoms with Crippen LogP contribution in [0.3, 0.4) is 0 Å². The number of carbonyl (C=O) groups excluding carboxylic acids is 1. The monoisotopic (exact) mass is 428 g/mol. The van der Waals surface area contributed by atoms with Crippen LogP contribution in [0.1, 0.15) is 62.9 Å². The molecular weight excluding hydrogens is 400 g/mol. The number of nitriles is 1. The fourth-order valence-corrected chi connectivity index (χ4v) is 4.61. The Morgan fingerprint density at radius 2 is 1.84 bits per heavy atom. The number of aliphatic hydroxyl groups is 1. The zero-order chi connectivity index (χ0) is 22.8. The lowest BCUT2D eigenvalue weighted by Gasteiger charge is -2.33. The number of benzene rings is 2. The van der Waals surface area contributed by atoms with Crippen molar-refractivity contribution in [1.82, 2.24) is 14.9 Å². The molecule has 1 aliphatic heterocycles. The molecule has 2 N–H and O–H groups in total. The highest BCUT2D eigenvalue weighted by Gasteiger charge is 2.26. The molecule has 2 aromatic carbocycles. The molecule has 6 nitrogen and oxygen atoms in total. The normalized spacial score (nSPS) is 14.4. The molecule has 0 radical (unpaired) electrons. The summed E-state index contributed by atoms with van der Waals surface area (Å²) in [4.78, 5) is 23.0. The SMILES string of the molecule is Cc1cc(C)c(-c2nc(CO)[nH]c2C)cc1C(=O)N1CCC(c2ccc(C#N)cc2)CC1. The van der Waals surface area contributed by atoms with E-state index >= 15 is 0 Å². The Hall–Kier alpha value is -3.43. The number of hydrogen-bond acceptors (Lipinski definition) is 4. The third kappa shape index (κ3) is 4.17. The summed E-state index contributed by atoms with van der Waals surface area (Å²) in [5, 5.41) is 18.4. The van der Waals surface area contributed by atoms with Gasteiger partial charge in [-0.05, 0) is 74.4 Å². The van der Waals surface area contributed by atoms with Crippen molar-refractivity contribution in [2.75, 3.05) is 13.1 Å². The smallest absolute Gasteiger partial charge is 0.254 e. The second kappa shape index (κ2) is 8.97. The first-order valence-electron chi connectivity index (χ1n) is 11.0. The number of likely N-dealkylation sites (tertiary alicyclic amines) is 1. The molecule has 6 heteroatoms. The highest BCUT2D eigenvalue weighted by Crippen LogP contribution is 2.31. The first-order valence-corrected chi connectivity index (χ1v) is 11.0. The number of aromatic amines is 1. The maximum atomic E-state index is 13.4. The number of aliphatic hydroxyl groups excluding tert-OH is 1. The Morgan fingerprint density at radius 3 is 2.44 bits per heavy atom. The molecule has 1 amide bonds. The van der Waals surface area contributed by atoms with Gasteiger partial charge in [0, 0.05) is 29.9 Å². The molecule has 0 saturated carbocycles. The lowest BCUT2D eigenvalue weighted by molar-refractivity contribution is 0.0712. The van der Waals surface area contributed by atoms with E-state index < -0.39 is 0 Å². The average molecular weight is 429 g/mol. The molecule has 0 atom stereocenters. The molecule has 164 valence electrons.